The lowest BCUT2D eigenvalue weighted by molar-refractivity contribution is -0.153. The molecule has 6 N–H and O–H groups in total. The Labute approximate surface area is 569 Å². The van der Waals surface area contributed by atoms with Crippen molar-refractivity contribution in [3.63, 3.8) is 0 Å². The topological polar surface area (TPSA) is 275 Å². The Kier molecular flexibility index (Phi) is 31.5. The fraction of sp³-hybridized carbons (Fsp3) is 0.521. The van der Waals surface area contributed by atoms with Gasteiger partial charge in [0.15, 0.2) is 12.1 Å². The Hall–Kier alpha value is -6.71. The quantitative estimate of drug-likeness (QED) is 0.0194. The number of aliphatic hydroxyl groups excluding tert-OH is 2. The molecule has 6 aromatic rings. The molecule has 4 aromatic carbocycles. The number of carbonyl (C=O) groups excluding carboxylic acids is 4. The number of alkyl carbamates (subject to hydrolysis) is 1. The van der Waals surface area contributed by atoms with Gasteiger partial charge in [0.1, 0.15) is 12.7 Å². The number of hydrogen-bond acceptors (Lipinski definition) is 19. The van der Waals surface area contributed by atoms with E-state index in [1.807, 2.05) is 86.0 Å². The summed E-state index contributed by atoms with van der Waals surface area (Å²) in [6, 6.07) is 34.7. The number of carbonyl (C=O) groups is 4. The molecule has 21 nitrogen and oxygen atoms in total. The Morgan fingerprint density at radius 1 is 0.800 bits per heavy atom. The molecule has 3 saturated heterocycles. The fourth-order valence-electron chi connectivity index (χ4n) is 11.6. The van der Waals surface area contributed by atoms with Crippen LogP contribution in [0.5, 0.6) is 0 Å². The van der Waals surface area contributed by atoms with Crippen LogP contribution < -0.4 is 16.4 Å². The number of nitrogens with two attached hydrogens (primary N) is 1. The fourth-order valence-corrected chi connectivity index (χ4v) is 14.6. The molecule has 5 heterocycles. The van der Waals surface area contributed by atoms with E-state index in [1.165, 1.54) is 39.9 Å². The molecule has 95 heavy (non-hydrogen) atoms. The van der Waals surface area contributed by atoms with Crippen molar-refractivity contribution in [2.45, 2.75) is 147 Å². The number of morpholine rings is 1. The molecule has 3 fully saturated rings. The second-order valence-electron chi connectivity index (χ2n) is 25.2. The minimum Gasteiger partial charge on any atom is -0.459 e. The predicted molar refractivity (Wildman–Crippen MR) is 369 cm³/mol. The minimum absolute atomic E-state index is 0.0122. The number of urea groups is 1. The van der Waals surface area contributed by atoms with Crippen molar-refractivity contribution < 1.29 is 61.5 Å². The third-order valence-corrected chi connectivity index (χ3v) is 20.4. The van der Waals surface area contributed by atoms with Crippen molar-refractivity contribution in [2.24, 2.45) is 23.7 Å². The summed E-state index contributed by atoms with van der Waals surface area (Å²) in [5.41, 5.74) is 11.9. The van der Waals surface area contributed by atoms with Crippen LogP contribution in [0, 0.1) is 23.7 Å². The van der Waals surface area contributed by atoms with Crippen molar-refractivity contribution in [2.75, 3.05) is 78.5 Å². The van der Waals surface area contributed by atoms with Gasteiger partial charge in [0.05, 0.1) is 83.4 Å². The van der Waals surface area contributed by atoms with Gasteiger partial charge in [-0.15, -0.1) is 22.7 Å². The molecule has 518 valence electrons. The lowest BCUT2D eigenvalue weighted by Gasteiger charge is -2.30. The molecule has 2 aromatic heterocycles. The van der Waals surface area contributed by atoms with Gasteiger partial charge in [0.25, 0.3) is 0 Å². The third-order valence-electron chi connectivity index (χ3n) is 16.6. The Bertz CT molecular complexity index is 3310. The van der Waals surface area contributed by atoms with E-state index in [1.54, 1.807) is 41.9 Å². The molecule has 0 bridgehead atoms. The highest BCUT2D eigenvalue weighted by atomic mass is 32.2. The summed E-state index contributed by atoms with van der Waals surface area (Å²) in [6.45, 7) is 15.0. The minimum atomic E-state index is -3.90. The monoisotopic (exact) mass is 1370 g/mol. The van der Waals surface area contributed by atoms with Crippen LogP contribution in [0.15, 0.2) is 137 Å². The normalized spacial score (nSPS) is 17.9. The summed E-state index contributed by atoms with van der Waals surface area (Å²) in [5, 5.41) is 28.2. The molecular formula is C71H98N8O13S3. The highest BCUT2D eigenvalue weighted by molar-refractivity contribution is 7.89. The van der Waals surface area contributed by atoms with E-state index in [0.717, 1.165) is 51.8 Å². The molecule has 8 atom stereocenters. The van der Waals surface area contributed by atoms with Crippen LogP contribution in [0.3, 0.4) is 0 Å². The van der Waals surface area contributed by atoms with E-state index in [2.05, 4.69) is 58.6 Å². The van der Waals surface area contributed by atoms with Gasteiger partial charge >= 0.3 is 18.1 Å². The van der Waals surface area contributed by atoms with Gasteiger partial charge in [-0.25, -0.2) is 23.0 Å². The number of benzene rings is 4. The first-order valence-corrected chi connectivity index (χ1v) is 36.2. The van der Waals surface area contributed by atoms with Crippen molar-refractivity contribution in [3.8, 4) is 0 Å². The summed E-state index contributed by atoms with van der Waals surface area (Å²) in [7, 11) is -2.16. The number of ketones is 1. The van der Waals surface area contributed by atoms with E-state index in [-0.39, 0.29) is 92.2 Å². The number of sulfonamides is 1. The molecule has 3 aliphatic rings. The van der Waals surface area contributed by atoms with Crippen LogP contribution in [-0.4, -0.2) is 170 Å². The Morgan fingerprint density at radius 3 is 2.05 bits per heavy atom. The van der Waals surface area contributed by atoms with Gasteiger partial charge in [-0.3, -0.25) is 19.5 Å². The Morgan fingerprint density at radius 2 is 1.44 bits per heavy atom. The molecule has 0 aliphatic carbocycles. The number of anilines is 1. The number of rotatable bonds is 32. The second kappa shape index (κ2) is 39.5. The van der Waals surface area contributed by atoms with E-state index in [9.17, 15) is 32.7 Å². The first-order chi connectivity index (χ1) is 45.8. The van der Waals surface area contributed by atoms with Crippen molar-refractivity contribution in [3.05, 3.63) is 165 Å². The number of nitrogen functional groups attached to an aromatic ring is 1. The van der Waals surface area contributed by atoms with Gasteiger partial charge in [0, 0.05) is 87.9 Å². The smallest absolute Gasteiger partial charge is 0.407 e. The van der Waals surface area contributed by atoms with Gasteiger partial charge < -0.3 is 55.2 Å². The van der Waals surface area contributed by atoms with Gasteiger partial charge in [0.2, 0.25) is 10.0 Å². The zero-order chi connectivity index (χ0) is 68.1. The van der Waals surface area contributed by atoms with Gasteiger partial charge in [-0.1, -0.05) is 119 Å². The molecule has 9 rings (SSSR count). The van der Waals surface area contributed by atoms with Crippen LogP contribution in [0.4, 0.5) is 15.3 Å². The highest BCUT2D eigenvalue weighted by Crippen LogP contribution is 2.34. The predicted octanol–water partition coefficient (Wildman–Crippen LogP) is 9.92. The second-order valence-corrected chi connectivity index (χ2v) is 29.0. The number of hydrogen-bond donors (Lipinski definition) is 5. The molecule has 0 unspecified atom stereocenters. The van der Waals surface area contributed by atoms with E-state index < -0.39 is 40.1 Å². The van der Waals surface area contributed by atoms with E-state index in [0.29, 0.717) is 89.5 Å². The van der Waals surface area contributed by atoms with Crippen molar-refractivity contribution in [1.29, 1.82) is 0 Å². The standard InChI is InChI=1S/C41H54N6O5S2.C28H38N2O7S.C2H6O/c1-30(2)39-43-35(28-53-39)26-46(3)40(49)45-37(16-17-47-18-20-51-21-19-47)38(48)24-33(22-31-10-6-4-7-11-31)14-15-34(23-32-12-8-5-9-13-32)44-41(50)52-27-36-25-42-29-54-36;1-19(2)16-30(38(33,34)23-10-8-22(29)9-11-23)17-25(31)21(14-20-6-4-3-5-7-20)15-27(32)37-26-18-36-28-24(26)12-13-35-28;1-2-3/h4-13,25,28-30,33-34,37H,14-24,26-27H2,1-3H3,(H,44,50)(H,45,49);3-11,19,21,24-26,28,31H,12-18,29H2,1-2H3;3H,2H2,1H3/t33-,34-,37+;21-,24+,25-,26+,28-;/m11./s1. The number of thiazole rings is 2. The average molecular weight is 1370 g/mol. The maximum atomic E-state index is 14.3. The number of aromatic nitrogens is 2. The number of aliphatic hydroxyl groups is 2. The lowest BCUT2D eigenvalue weighted by atomic mass is 9.86. The first kappa shape index (κ1) is 75.7. The summed E-state index contributed by atoms with van der Waals surface area (Å²) < 4.78 is 56.3. The van der Waals surface area contributed by atoms with Gasteiger partial charge in [-0.05, 0) is 105 Å². The molecular weight excluding hydrogens is 1270 g/mol. The molecule has 0 spiro atoms. The number of nitrogens with zero attached hydrogens (tertiary/aromatic N) is 5. The zero-order valence-electron chi connectivity index (χ0n) is 55.7. The average Bonchev–Trinajstić information content (AvgIpc) is 1.64. The number of Topliss-reactive ketones (excluding diaryl/α,β-unsaturated/α-hetero) is 1. The van der Waals surface area contributed by atoms with Crippen LogP contribution in [0.25, 0.3) is 0 Å². The Balaban J connectivity index is 0.000000272. The highest BCUT2D eigenvalue weighted by Gasteiger charge is 2.44. The van der Waals surface area contributed by atoms with Crippen LogP contribution >= 0.6 is 22.7 Å². The van der Waals surface area contributed by atoms with Crippen LogP contribution in [0.1, 0.15) is 111 Å². The first-order valence-electron chi connectivity index (χ1n) is 33.0. The van der Waals surface area contributed by atoms with E-state index >= 15 is 0 Å². The number of fused-ring (bicyclic) bond motifs is 1. The van der Waals surface area contributed by atoms with Crippen LogP contribution in [0.2, 0.25) is 0 Å². The van der Waals surface area contributed by atoms with Gasteiger partial charge in [-0.2, -0.15) is 4.31 Å². The summed E-state index contributed by atoms with van der Waals surface area (Å²) in [4.78, 5) is 67.6. The van der Waals surface area contributed by atoms with Crippen molar-refractivity contribution in [1.82, 2.24) is 34.7 Å². The SMILES string of the molecule is CC(C)CN(C[C@@H](O)[C@@H](CC(=O)O[C@H]1CO[C@H]2OCC[C@H]21)Cc1ccccc1)S(=O)(=O)c1ccc(N)cc1.CC(C)c1nc(CN(C)C(=O)N[C@@H](CCN2CCOCC2)C(=O)C[C@H](CC[C@H](Cc2ccccc2)NC(=O)OCc2cncs2)Cc2ccccc2)cs1.CCO. The summed E-state index contributed by atoms with van der Waals surface area (Å²) >= 11 is 3.04. The number of nitrogens with one attached hydrogen (secondary N) is 2. The zero-order valence-corrected chi connectivity index (χ0v) is 58.2. The number of amides is 3. The van der Waals surface area contributed by atoms with Crippen LogP contribution in [-0.2, 0) is 75.7 Å². The van der Waals surface area contributed by atoms with E-state index in [4.69, 9.17) is 39.5 Å². The molecule has 3 amide bonds. The molecule has 0 radical (unpaired) electrons. The number of ether oxygens (including phenoxy) is 5. The maximum Gasteiger partial charge on any atom is 0.407 e. The number of esters is 1. The maximum absolute atomic E-state index is 14.3. The lowest BCUT2D eigenvalue weighted by Crippen LogP contribution is -2.49. The molecule has 24 heteroatoms. The summed E-state index contributed by atoms with van der Waals surface area (Å²) in [6.07, 6.45) is 3.99. The summed E-state index contributed by atoms with van der Waals surface area (Å²) in [5.74, 6) is -0.643. The largest absolute Gasteiger partial charge is 0.459 e. The van der Waals surface area contributed by atoms with Crippen molar-refractivity contribution >= 4 is 62.3 Å². The molecule has 3 aliphatic heterocycles. The molecule has 0 saturated carbocycles. The third kappa shape index (κ3) is 25.7.